The molecule has 16 nitrogen and oxygen atoms in total. The van der Waals surface area contributed by atoms with Gasteiger partial charge in [0.1, 0.15) is 30.2 Å². The van der Waals surface area contributed by atoms with Gasteiger partial charge in [-0.05, 0) is 63.5 Å². The number of hydrogen-bond donors (Lipinski definition) is 9. The number of carbonyl (C=O) groups is 6. The zero-order valence-corrected chi connectivity index (χ0v) is 30.3. The predicted molar refractivity (Wildman–Crippen MR) is 191 cm³/mol. The first-order chi connectivity index (χ1) is 24.7. The van der Waals surface area contributed by atoms with Crippen molar-refractivity contribution in [3.05, 3.63) is 46.8 Å². The number of carboxylic acids is 1. The van der Waals surface area contributed by atoms with Gasteiger partial charge in [-0.3, -0.25) is 29.1 Å². The minimum Gasteiger partial charge on any atom is -0.480 e. The Morgan fingerprint density at radius 3 is 2.38 bits per heavy atom. The Kier molecular flexibility index (Phi) is 12.3. The molecule has 52 heavy (non-hydrogen) atoms. The zero-order chi connectivity index (χ0) is 37.7. The fourth-order valence-corrected chi connectivity index (χ4v) is 7.56. The number of aromatic nitrogens is 3. The Labute approximate surface area is 304 Å². The molecule has 3 aromatic rings. The maximum Gasteiger partial charge on any atom is 0.327 e. The molecule has 1 aliphatic carbocycles. The fourth-order valence-electron chi connectivity index (χ4n) is 6.45. The topological polar surface area (TPSA) is 247 Å². The van der Waals surface area contributed by atoms with E-state index in [0.29, 0.717) is 22.5 Å². The average molecular weight is 739 g/mol. The fraction of sp³-hybridized carbons (Fsp3) is 0.514. The molecule has 0 radical (unpaired) electrons. The quantitative estimate of drug-likeness (QED) is 0.171. The lowest BCUT2D eigenvalue weighted by molar-refractivity contribution is -0.142. The summed E-state index contributed by atoms with van der Waals surface area (Å²) in [7, 11) is 0. The number of benzene rings is 1. The number of H-pyrrole nitrogens is 2. The van der Waals surface area contributed by atoms with Crippen molar-refractivity contribution in [2.45, 2.75) is 108 Å². The lowest BCUT2D eigenvalue weighted by atomic mass is 9.95. The van der Waals surface area contributed by atoms with Crippen LogP contribution in [0.15, 0.2) is 29.3 Å². The van der Waals surface area contributed by atoms with Crippen LogP contribution in [0.25, 0.3) is 10.9 Å². The molecule has 0 saturated carbocycles. The van der Waals surface area contributed by atoms with Crippen molar-refractivity contribution in [3.63, 3.8) is 0 Å². The molecule has 3 heterocycles. The highest BCUT2D eigenvalue weighted by Gasteiger charge is 2.35. The summed E-state index contributed by atoms with van der Waals surface area (Å²) in [6, 6.07) is 0.753. The largest absolute Gasteiger partial charge is 0.480 e. The standard InChI is InChI=1S/C35H46N8O8S/c1-16(2)13-24-30(46)36-17(3)29(45)41-27(18(4)44)32(48)39-26(35(50)51)15-52-34-21(19-9-5-7-11-22(19)40-34)14-25(31(47)37-24)38-33(49)28-20-10-6-8-12-23(20)42-43-28/h5,7,9,11,16-18,24-27,40,44H,6,8,10,12-15H2,1-4H3,(H,36,46)(H,37,47)(H,38,49)(H,39,48)(H,41,45)(H,42,43)(H,50,51)/t17-,18-,24+,25+,26+,27+/m1/s1. The molecule has 5 amide bonds. The van der Waals surface area contributed by atoms with E-state index < -0.39 is 71.8 Å². The Balaban J connectivity index is 1.56. The van der Waals surface area contributed by atoms with Crippen LogP contribution in [0.1, 0.15) is 74.3 Å². The Bertz CT molecular complexity index is 1840. The highest BCUT2D eigenvalue weighted by atomic mass is 32.2. The normalized spacial score (nSPS) is 24.3. The van der Waals surface area contributed by atoms with Crippen LogP contribution in [-0.2, 0) is 43.2 Å². The molecule has 17 heteroatoms. The molecule has 0 spiro atoms. The molecule has 1 aliphatic heterocycles. The van der Waals surface area contributed by atoms with E-state index >= 15 is 0 Å². The van der Waals surface area contributed by atoms with Crippen LogP contribution in [0.3, 0.4) is 0 Å². The van der Waals surface area contributed by atoms with Crippen molar-refractivity contribution < 1.29 is 39.0 Å². The number of fused-ring (bicyclic) bond motifs is 4. The van der Waals surface area contributed by atoms with Gasteiger partial charge in [0.15, 0.2) is 5.69 Å². The first kappa shape index (κ1) is 38.3. The molecular formula is C35H46N8O8S. The van der Waals surface area contributed by atoms with E-state index in [4.69, 9.17) is 0 Å². The lowest BCUT2D eigenvalue weighted by Crippen LogP contribution is -2.60. The number of carbonyl (C=O) groups excluding carboxylic acids is 5. The van der Waals surface area contributed by atoms with Crippen LogP contribution in [0.5, 0.6) is 0 Å². The number of para-hydroxylation sites is 1. The Morgan fingerprint density at radius 2 is 1.67 bits per heavy atom. The Morgan fingerprint density at radius 1 is 0.942 bits per heavy atom. The average Bonchev–Trinajstić information content (AvgIpc) is 3.68. The highest BCUT2D eigenvalue weighted by molar-refractivity contribution is 7.99. The molecule has 0 saturated heterocycles. The minimum atomic E-state index is -1.53. The van der Waals surface area contributed by atoms with Crippen LogP contribution < -0.4 is 26.6 Å². The number of aryl methyl sites for hydroxylation is 1. The lowest BCUT2D eigenvalue weighted by Gasteiger charge is -2.27. The smallest absolute Gasteiger partial charge is 0.327 e. The molecule has 280 valence electrons. The summed E-state index contributed by atoms with van der Waals surface area (Å²) in [5.74, 6) is -5.23. The third-order valence-corrected chi connectivity index (χ3v) is 10.4. The summed E-state index contributed by atoms with van der Waals surface area (Å²) < 4.78 is 0. The van der Waals surface area contributed by atoms with Crippen molar-refractivity contribution in [2.75, 3.05) is 5.75 Å². The summed E-state index contributed by atoms with van der Waals surface area (Å²) in [4.78, 5) is 83.7. The van der Waals surface area contributed by atoms with Crippen LogP contribution in [0, 0.1) is 5.92 Å². The van der Waals surface area contributed by atoms with Crippen molar-refractivity contribution in [1.29, 1.82) is 0 Å². The van der Waals surface area contributed by atoms with Gasteiger partial charge in [0.2, 0.25) is 23.6 Å². The maximum absolute atomic E-state index is 14.3. The number of aliphatic hydroxyl groups is 1. The maximum atomic E-state index is 14.3. The molecule has 2 aliphatic rings. The second kappa shape index (κ2) is 16.6. The first-order valence-electron chi connectivity index (χ1n) is 17.4. The number of thioether (sulfide) groups is 1. The summed E-state index contributed by atoms with van der Waals surface area (Å²) in [6.45, 7) is 6.38. The zero-order valence-electron chi connectivity index (χ0n) is 29.5. The number of aliphatic hydroxyl groups excluding tert-OH is 1. The number of hydrogen-bond acceptors (Lipinski definition) is 9. The van der Waals surface area contributed by atoms with Gasteiger partial charge >= 0.3 is 5.97 Å². The molecular weight excluding hydrogens is 693 g/mol. The summed E-state index contributed by atoms with van der Waals surface area (Å²) in [5.41, 5.74) is 3.18. The van der Waals surface area contributed by atoms with E-state index in [1.165, 1.54) is 13.8 Å². The summed E-state index contributed by atoms with van der Waals surface area (Å²) in [5, 5.41) is 41.9. The van der Waals surface area contributed by atoms with Crippen molar-refractivity contribution in [1.82, 2.24) is 41.8 Å². The molecule has 5 rings (SSSR count). The third kappa shape index (κ3) is 8.93. The van der Waals surface area contributed by atoms with Crippen LogP contribution >= 0.6 is 11.8 Å². The molecule has 0 unspecified atom stereocenters. The number of nitrogens with one attached hydrogen (secondary N) is 7. The van der Waals surface area contributed by atoms with E-state index in [9.17, 15) is 39.0 Å². The number of rotatable bonds is 6. The van der Waals surface area contributed by atoms with Gasteiger partial charge < -0.3 is 41.8 Å². The van der Waals surface area contributed by atoms with E-state index in [2.05, 4.69) is 41.8 Å². The predicted octanol–water partition coefficient (Wildman–Crippen LogP) is 0.687. The summed E-state index contributed by atoms with van der Waals surface area (Å²) in [6.07, 6.45) is 2.02. The molecule has 0 bridgehead atoms. The third-order valence-electron chi connectivity index (χ3n) is 9.24. The molecule has 6 atom stereocenters. The number of nitrogens with zero attached hydrogens (tertiary/aromatic N) is 1. The number of aromatic amines is 2. The van der Waals surface area contributed by atoms with E-state index in [1.54, 1.807) is 0 Å². The SMILES string of the molecule is CC(C)C[C@@H]1NC(=O)[C@@H](NC(=O)c2n[nH]c3c2CCCC3)Cc2c([nH]c3ccccc23)SC[C@@H](C(=O)O)NC(=O)[C@H]([C@@H](C)O)NC(=O)[C@@H](C)NC1=O. The van der Waals surface area contributed by atoms with Crippen molar-refractivity contribution in [3.8, 4) is 0 Å². The van der Waals surface area contributed by atoms with Gasteiger partial charge in [-0.25, -0.2) is 4.79 Å². The second-order valence-electron chi connectivity index (χ2n) is 13.8. The molecule has 0 fully saturated rings. The van der Waals surface area contributed by atoms with Gasteiger partial charge in [-0.2, -0.15) is 5.10 Å². The van der Waals surface area contributed by atoms with Gasteiger partial charge in [0.25, 0.3) is 5.91 Å². The number of carboxylic acid groups (broad SMARTS) is 1. The van der Waals surface area contributed by atoms with Crippen LogP contribution in [0.2, 0.25) is 0 Å². The first-order valence-corrected chi connectivity index (χ1v) is 18.4. The van der Waals surface area contributed by atoms with E-state index in [-0.39, 0.29) is 30.2 Å². The molecule has 9 N–H and O–H groups in total. The van der Waals surface area contributed by atoms with Gasteiger partial charge in [-0.15, -0.1) is 11.8 Å². The number of aliphatic carboxylic acids is 1. The second-order valence-corrected chi connectivity index (χ2v) is 14.8. The monoisotopic (exact) mass is 738 g/mol. The van der Waals surface area contributed by atoms with Crippen molar-refractivity contribution >= 4 is 58.2 Å². The highest BCUT2D eigenvalue weighted by Crippen LogP contribution is 2.32. The van der Waals surface area contributed by atoms with Gasteiger partial charge in [0.05, 0.1) is 11.1 Å². The van der Waals surface area contributed by atoms with E-state index in [0.717, 1.165) is 47.7 Å². The summed E-state index contributed by atoms with van der Waals surface area (Å²) >= 11 is 1.09. The van der Waals surface area contributed by atoms with Crippen LogP contribution in [-0.4, -0.2) is 103 Å². The van der Waals surface area contributed by atoms with Gasteiger partial charge in [-0.1, -0.05) is 32.0 Å². The van der Waals surface area contributed by atoms with Crippen molar-refractivity contribution in [2.24, 2.45) is 5.92 Å². The van der Waals surface area contributed by atoms with E-state index in [1.807, 2.05) is 38.1 Å². The minimum absolute atomic E-state index is 0.0560. The van der Waals surface area contributed by atoms with Crippen LogP contribution in [0.4, 0.5) is 0 Å². The Hall–Kier alpha value is -4.90. The van der Waals surface area contributed by atoms with Gasteiger partial charge in [0, 0.05) is 34.3 Å². The molecule has 1 aromatic carbocycles. The molecule has 2 aromatic heterocycles. The number of amides is 5.